The second-order valence-electron chi connectivity index (χ2n) is 4.05. The van der Waals surface area contributed by atoms with Crippen molar-refractivity contribution in [2.75, 3.05) is 25.0 Å². The molecule has 0 aromatic heterocycles. The van der Waals surface area contributed by atoms with Crippen molar-refractivity contribution in [1.82, 2.24) is 4.90 Å². The van der Waals surface area contributed by atoms with Gasteiger partial charge in [-0.15, -0.1) is 0 Å². The minimum Gasteiger partial charge on any atom is -0.324 e. The maximum atomic E-state index is 12.7. The van der Waals surface area contributed by atoms with Crippen molar-refractivity contribution >= 4 is 11.6 Å². The summed E-state index contributed by atoms with van der Waals surface area (Å²) in [5.41, 5.74) is -1.03. The number of nitrogens with zero attached hydrogens (tertiary/aromatic N) is 1. The number of hydrogen-bond acceptors (Lipinski definition) is 2. The molecule has 0 unspecified atom stereocenters. The van der Waals surface area contributed by atoms with E-state index >= 15 is 0 Å². The van der Waals surface area contributed by atoms with Crippen LogP contribution in [0.3, 0.4) is 0 Å². The number of rotatable bonds is 5. The first-order valence-corrected chi connectivity index (χ1v) is 6.06. The molecule has 0 spiro atoms. The molecule has 0 aliphatic carbocycles. The van der Waals surface area contributed by atoms with E-state index in [0.717, 1.165) is 6.07 Å². The van der Waals surface area contributed by atoms with Crippen molar-refractivity contribution < 1.29 is 18.0 Å². The van der Waals surface area contributed by atoms with Gasteiger partial charge in [0.25, 0.3) is 0 Å². The maximum Gasteiger partial charge on any atom is 0.418 e. The van der Waals surface area contributed by atoms with Gasteiger partial charge in [-0.3, -0.25) is 9.69 Å². The zero-order chi connectivity index (χ0) is 14.5. The van der Waals surface area contributed by atoms with Crippen LogP contribution in [-0.2, 0) is 11.0 Å². The van der Waals surface area contributed by atoms with E-state index in [9.17, 15) is 18.0 Å². The normalized spacial score (nSPS) is 11.7. The molecule has 0 radical (unpaired) electrons. The molecule has 0 aliphatic heterocycles. The van der Waals surface area contributed by atoms with E-state index in [0.29, 0.717) is 13.1 Å². The minimum absolute atomic E-state index is 0.0825. The Labute approximate surface area is 110 Å². The average molecular weight is 274 g/mol. The van der Waals surface area contributed by atoms with Crippen LogP contribution in [0.5, 0.6) is 0 Å². The van der Waals surface area contributed by atoms with Crippen LogP contribution in [0.15, 0.2) is 24.3 Å². The number of carbonyl (C=O) groups is 1. The fourth-order valence-electron chi connectivity index (χ4n) is 1.68. The van der Waals surface area contributed by atoms with Gasteiger partial charge in [-0.25, -0.2) is 0 Å². The van der Waals surface area contributed by atoms with Crippen LogP contribution in [0.25, 0.3) is 0 Å². The molecule has 0 atom stereocenters. The van der Waals surface area contributed by atoms with Gasteiger partial charge in [0.2, 0.25) is 5.91 Å². The van der Waals surface area contributed by atoms with Crippen LogP contribution in [0.2, 0.25) is 0 Å². The summed E-state index contributed by atoms with van der Waals surface area (Å²) in [7, 11) is 0. The van der Waals surface area contributed by atoms with Crippen LogP contribution >= 0.6 is 0 Å². The molecule has 0 saturated heterocycles. The lowest BCUT2D eigenvalue weighted by molar-refractivity contribution is -0.137. The lowest BCUT2D eigenvalue weighted by Gasteiger charge is -2.18. The summed E-state index contributed by atoms with van der Waals surface area (Å²) in [6.07, 6.45) is -4.47. The smallest absolute Gasteiger partial charge is 0.324 e. The standard InChI is InChI=1S/C13H17F3N2O/c1-3-18(4-2)9-12(19)17-11-8-6-5-7-10(11)13(14,15)16/h5-8H,3-4,9H2,1-2H3,(H,17,19). The number of benzene rings is 1. The number of alkyl halides is 3. The Bertz CT molecular complexity index is 428. The first-order chi connectivity index (χ1) is 8.88. The van der Waals surface area contributed by atoms with Gasteiger partial charge >= 0.3 is 6.18 Å². The molecule has 0 bridgehead atoms. The molecule has 106 valence electrons. The molecule has 6 heteroatoms. The third kappa shape index (κ3) is 4.55. The van der Waals surface area contributed by atoms with Gasteiger partial charge in [0.15, 0.2) is 0 Å². The van der Waals surface area contributed by atoms with Crippen molar-refractivity contribution in [1.29, 1.82) is 0 Å². The van der Waals surface area contributed by atoms with Gasteiger partial charge in [0, 0.05) is 0 Å². The zero-order valence-electron chi connectivity index (χ0n) is 10.9. The van der Waals surface area contributed by atoms with Crippen LogP contribution in [-0.4, -0.2) is 30.4 Å². The predicted octanol–water partition coefficient (Wildman–Crippen LogP) is 2.99. The minimum atomic E-state index is -4.47. The Balaban J connectivity index is 2.80. The lowest BCUT2D eigenvalue weighted by atomic mass is 10.1. The number of likely N-dealkylation sites (N-methyl/N-ethyl adjacent to an activating group) is 1. The van der Waals surface area contributed by atoms with Crippen molar-refractivity contribution in [3.63, 3.8) is 0 Å². The number of carbonyl (C=O) groups excluding carboxylic acids is 1. The van der Waals surface area contributed by atoms with Crippen molar-refractivity contribution in [3.8, 4) is 0 Å². The highest BCUT2D eigenvalue weighted by molar-refractivity contribution is 5.93. The second-order valence-corrected chi connectivity index (χ2v) is 4.05. The number of halogens is 3. The number of hydrogen-bond donors (Lipinski definition) is 1. The first-order valence-electron chi connectivity index (χ1n) is 6.06. The molecular formula is C13H17F3N2O. The van der Waals surface area contributed by atoms with Crippen molar-refractivity contribution in [2.45, 2.75) is 20.0 Å². The Morgan fingerprint density at radius 1 is 1.21 bits per heavy atom. The van der Waals surface area contributed by atoms with E-state index in [2.05, 4.69) is 5.32 Å². The van der Waals surface area contributed by atoms with Crippen LogP contribution in [0, 0.1) is 0 Å². The summed E-state index contributed by atoms with van der Waals surface area (Å²) in [5.74, 6) is -0.444. The average Bonchev–Trinajstić information content (AvgIpc) is 2.35. The van der Waals surface area contributed by atoms with Crippen LogP contribution in [0.4, 0.5) is 18.9 Å². The molecular weight excluding hydrogens is 257 g/mol. The quantitative estimate of drug-likeness (QED) is 0.895. The first kappa shape index (κ1) is 15.5. The van der Waals surface area contributed by atoms with Gasteiger partial charge < -0.3 is 5.32 Å². The second kappa shape index (κ2) is 6.56. The molecule has 1 N–H and O–H groups in total. The van der Waals surface area contributed by atoms with E-state index in [-0.39, 0.29) is 12.2 Å². The van der Waals surface area contributed by atoms with Crippen molar-refractivity contribution in [3.05, 3.63) is 29.8 Å². The van der Waals surface area contributed by atoms with Gasteiger partial charge in [0.05, 0.1) is 17.8 Å². The van der Waals surface area contributed by atoms with Gasteiger partial charge in [-0.05, 0) is 25.2 Å². The van der Waals surface area contributed by atoms with Gasteiger partial charge in [0.1, 0.15) is 0 Å². The molecule has 19 heavy (non-hydrogen) atoms. The monoisotopic (exact) mass is 274 g/mol. The van der Waals surface area contributed by atoms with Gasteiger partial charge in [-0.2, -0.15) is 13.2 Å². The number of amides is 1. The summed E-state index contributed by atoms with van der Waals surface area (Å²) in [6, 6.07) is 4.96. The van der Waals surface area contributed by atoms with Crippen LogP contribution in [0.1, 0.15) is 19.4 Å². The Morgan fingerprint density at radius 2 is 1.79 bits per heavy atom. The van der Waals surface area contributed by atoms with E-state index < -0.39 is 17.6 Å². The predicted molar refractivity (Wildman–Crippen MR) is 67.9 cm³/mol. The molecule has 1 aromatic carbocycles. The number of para-hydroxylation sites is 1. The molecule has 0 heterocycles. The third-order valence-corrected chi connectivity index (χ3v) is 2.77. The molecule has 3 nitrogen and oxygen atoms in total. The Hall–Kier alpha value is -1.56. The summed E-state index contributed by atoms with van der Waals surface area (Å²) in [6.45, 7) is 5.20. The van der Waals surface area contributed by atoms with E-state index in [1.165, 1.54) is 18.2 Å². The fourth-order valence-corrected chi connectivity index (χ4v) is 1.68. The summed E-state index contributed by atoms with van der Waals surface area (Å²) in [5, 5.41) is 2.32. The summed E-state index contributed by atoms with van der Waals surface area (Å²) in [4.78, 5) is 13.5. The molecule has 0 fully saturated rings. The molecule has 1 rings (SSSR count). The largest absolute Gasteiger partial charge is 0.418 e. The molecule has 0 saturated carbocycles. The fraction of sp³-hybridized carbons (Fsp3) is 0.462. The highest BCUT2D eigenvalue weighted by Crippen LogP contribution is 2.34. The lowest BCUT2D eigenvalue weighted by Crippen LogP contribution is -2.33. The SMILES string of the molecule is CCN(CC)CC(=O)Nc1ccccc1C(F)(F)F. The van der Waals surface area contributed by atoms with Crippen molar-refractivity contribution in [2.24, 2.45) is 0 Å². The van der Waals surface area contributed by atoms with E-state index in [1.54, 1.807) is 0 Å². The summed E-state index contributed by atoms with van der Waals surface area (Å²) < 4.78 is 38.2. The molecule has 1 amide bonds. The third-order valence-electron chi connectivity index (χ3n) is 2.77. The van der Waals surface area contributed by atoms with Crippen LogP contribution < -0.4 is 5.32 Å². The number of nitrogens with one attached hydrogen (secondary N) is 1. The van der Waals surface area contributed by atoms with Gasteiger partial charge in [-0.1, -0.05) is 26.0 Å². The molecule has 0 aliphatic rings. The maximum absolute atomic E-state index is 12.7. The van der Waals surface area contributed by atoms with E-state index in [4.69, 9.17) is 0 Å². The molecule has 1 aromatic rings. The highest BCUT2D eigenvalue weighted by Gasteiger charge is 2.33. The zero-order valence-corrected chi connectivity index (χ0v) is 10.9. The number of anilines is 1. The Kier molecular flexibility index (Phi) is 5.35. The highest BCUT2D eigenvalue weighted by atomic mass is 19.4. The van der Waals surface area contributed by atoms with E-state index in [1.807, 2.05) is 18.7 Å². The topological polar surface area (TPSA) is 32.3 Å². The summed E-state index contributed by atoms with van der Waals surface area (Å²) >= 11 is 0. The Morgan fingerprint density at radius 3 is 2.32 bits per heavy atom.